The summed E-state index contributed by atoms with van der Waals surface area (Å²) >= 11 is 0. The molecule has 2 aliphatic heterocycles. The van der Waals surface area contributed by atoms with E-state index in [2.05, 4.69) is 9.26 Å². The summed E-state index contributed by atoms with van der Waals surface area (Å²) in [7, 11) is -0.141. The van der Waals surface area contributed by atoms with Gasteiger partial charge < -0.3 is 4.74 Å². The molecule has 0 radical (unpaired) electrons. The standard InChI is InChI=1S/C10H20N2O2S/c1-11-15(13)8-2-10(3-9-15)12-4-6-14-7-5-12/h10H,2-9H2,1H3. The van der Waals surface area contributed by atoms with E-state index in [0.29, 0.717) is 6.04 Å². The Kier molecular flexibility index (Phi) is 3.64. The molecule has 0 amide bonds. The second kappa shape index (κ2) is 4.80. The largest absolute Gasteiger partial charge is 0.379 e. The molecule has 15 heavy (non-hydrogen) atoms. The maximum atomic E-state index is 12.0. The summed E-state index contributed by atoms with van der Waals surface area (Å²) in [6, 6.07) is 0.616. The Labute approximate surface area is 92.2 Å². The summed E-state index contributed by atoms with van der Waals surface area (Å²) in [6.07, 6.45) is 2.08. The predicted molar refractivity (Wildman–Crippen MR) is 61.6 cm³/mol. The van der Waals surface area contributed by atoms with E-state index in [-0.39, 0.29) is 0 Å². The van der Waals surface area contributed by atoms with Gasteiger partial charge in [-0.05, 0) is 12.8 Å². The summed E-state index contributed by atoms with van der Waals surface area (Å²) in [5.74, 6) is 1.57. The van der Waals surface area contributed by atoms with Crippen molar-refractivity contribution >= 4 is 9.73 Å². The van der Waals surface area contributed by atoms with Crippen molar-refractivity contribution < 1.29 is 8.95 Å². The van der Waals surface area contributed by atoms with E-state index in [1.54, 1.807) is 7.05 Å². The van der Waals surface area contributed by atoms with E-state index in [4.69, 9.17) is 4.74 Å². The molecule has 0 saturated carbocycles. The predicted octanol–water partition coefficient (Wildman–Crippen LogP) is 0.579. The molecule has 2 heterocycles. The highest BCUT2D eigenvalue weighted by molar-refractivity contribution is 7.93. The van der Waals surface area contributed by atoms with E-state index >= 15 is 0 Å². The molecule has 4 nitrogen and oxygen atoms in total. The highest BCUT2D eigenvalue weighted by Gasteiger charge is 2.27. The summed E-state index contributed by atoms with van der Waals surface area (Å²) in [5, 5.41) is 0. The van der Waals surface area contributed by atoms with Crippen LogP contribution in [0.15, 0.2) is 4.36 Å². The van der Waals surface area contributed by atoms with Crippen LogP contribution in [0.3, 0.4) is 0 Å². The molecular weight excluding hydrogens is 212 g/mol. The molecule has 2 fully saturated rings. The summed E-state index contributed by atoms with van der Waals surface area (Å²) in [6.45, 7) is 3.78. The van der Waals surface area contributed by atoms with Crippen LogP contribution >= 0.6 is 0 Å². The van der Waals surface area contributed by atoms with Gasteiger partial charge in [-0.25, -0.2) is 8.57 Å². The molecule has 0 spiro atoms. The Morgan fingerprint density at radius 1 is 1.27 bits per heavy atom. The molecule has 88 valence electrons. The zero-order valence-electron chi connectivity index (χ0n) is 9.35. The van der Waals surface area contributed by atoms with Crippen molar-refractivity contribution in [1.82, 2.24) is 4.90 Å². The highest BCUT2D eigenvalue weighted by atomic mass is 32.2. The molecular formula is C10H20N2O2S. The summed E-state index contributed by atoms with van der Waals surface area (Å²) in [5.41, 5.74) is 0. The first-order chi connectivity index (χ1) is 7.23. The molecule has 0 atom stereocenters. The number of morpholine rings is 1. The van der Waals surface area contributed by atoms with Gasteiger partial charge in [0.2, 0.25) is 0 Å². The van der Waals surface area contributed by atoms with Gasteiger partial charge in [0.25, 0.3) is 0 Å². The minimum absolute atomic E-state index is 0.616. The Bertz CT molecular complexity index is 303. The third-order valence-electron chi connectivity index (χ3n) is 3.43. The lowest BCUT2D eigenvalue weighted by Gasteiger charge is -2.37. The van der Waals surface area contributed by atoms with Crippen LogP contribution in [0.5, 0.6) is 0 Å². The third-order valence-corrected chi connectivity index (χ3v) is 5.85. The molecule has 0 unspecified atom stereocenters. The smallest absolute Gasteiger partial charge is 0.0594 e. The molecule has 0 N–H and O–H groups in total. The van der Waals surface area contributed by atoms with Crippen molar-refractivity contribution in [1.29, 1.82) is 0 Å². The zero-order chi connectivity index (χ0) is 10.7. The first kappa shape index (κ1) is 11.4. The Morgan fingerprint density at radius 3 is 2.40 bits per heavy atom. The van der Waals surface area contributed by atoms with Crippen LogP contribution < -0.4 is 0 Å². The molecule has 5 heteroatoms. The van der Waals surface area contributed by atoms with Crippen LogP contribution in [-0.2, 0) is 14.5 Å². The normalized spacial score (nSPS) is 38.9. The van der Waals surface area contributed by atoms with Crippen LogP contribution in [0, 0.1) is 0 Å². The Hall–Kier alpha value is -0.130. The Morgan fingerprint density at radius 2 is 1.87 bits per heavy atom. The average molecular weight is 232 g/mol. The van der Waals surface area contributed by atoms with Crippen molar-refractivity contribution in [2.45, 2.75) is 18.9 Å². The maximum absolute atomic E-state index is 12.0. The second-order valence-corrected chi connectivity index (χ2v) is 6.97. The molecule has 0 aromatic rings. The van der Waals surface area contributed by atoms with Crippen molar-refractivity contribution in [2.24, 2.45) is 4.36 Å². The van der Waals surface area contributed by atoms with E-state index < -0.39 is 9.73 Å². The van der Waals surface area contributed by atoms with E-state index in [1.165, 1.54) is 0 Å². The number of hydrogen-bond acceptors (Lipinski definition) is 4. The molecule has 2 aliphatic rings. The number of nitrogens with zero attached hydrogens (tertiary/aromatic N) is 2. The van der Waals surface area contributed by atoms with Gasteiger partial charge in [0.1, 0.15) is 0 Å². The van der Waals surface area contributed by atoms with Crippen molar-refractivity contribution in [3.8, 4) is 0 Å². The van der Waals surface area contributed by atoms with E-state index in [9.17, 15) is 4.21 Å². The lowest BCUT2D eigenvalue weighted by molar-refractivity contribution is 0.0147. The van der Waals surface area contributed by atoms with Gasteiger partial charge in [0, 0.05) is 47.4 Å². The molecule has 0 bridgehead atoms. The summed E-state index contributed by atoms with van der Waals surface area (Å²) in [4.78, 5) is 2.48. The third kappa shape index (κ3) is 2.71. The van der Waals surface area contributed by atoms with Gasteiger partial charge in [-0.15, -0.1) is 0 Å². The highest BCUT2D eigenvalue weighted by Crippen LogP contribution is 2.20. The fourth-order valence-electron chi connectivity index (χ4n) is 2.38. The molecule has 2 rings (SSSR count). The van der Waals surface area contributed by atoms with E-state index in [1.807, 2.05) is 0 Å². The van der Waals surface area contributed by atoms with Gasteiger partial charge in [0.15, 0.2) is 0 Å². The topological polar surface area (TPSA) is 41.9 Å². The van der Waals surface area contributed by atoms with Gasteiger partial charge in [-0.2, -0.15) is 0 Å². The van der Waals surface area contributed by atoms with E-state index in [0.717, 1.165) is 50.7 Å². The number of ether oxygens (including phenoxy) is 1. The van der Waals surface area contributed by atoms with Crippen LogP contribution in [0.2, 0.25) is 0 Å². The minimum atomic E-state index is -1.83. The monoisotopic (exact) mass is 232 g/mol. The lowest BCUT2D eigenvalue weighted by Crippen LogP contribution is -2.46. The molecule has 2 saturated heterocycles. The Balaban J connectivity index is 1.90. The van der Waals surface area contributed by atoms with Gasteiger partial charge in [-0.3, -0.25) is 4.90 Å². The van der Waals surface area contributed by atoms with Crippen LogP contribution in [0.1, 0.15) is 12.8 Å². The van der Waals surface area contributed by atoms with Gasteiger partial charge in [-0.1, -0.05) is 0 Å². The second-order valence-electron chi connectivity index (χ2n) is 4.24. The van der Waals surface area contributed by atoms with Gasteiger partial charge in [0.05, 0.1) is 13.2 Å². The average Bonchev–Trinajstić information content (AvgIpc) is 2.31. The molecule has 0 aromatic carbocycles. The SMILES string of the molecule is CN=S1(=O)CCC(N2CCOCC2)CC1. The van der Waals surface area contributed by atoms with Gasteiger partial charge >= 0.3 is 0 Å². The van der Waals surface area contributed by atoms with Crippen LogP contribution in [-0.4, -0.2) is 60.0 Å². The number of hydrogen-bond donors (Lipinski definition) is 0. The van der Waals surface area contributed by atoms with Crippen molar-refractivity contribution in [2.75, 3.05) is 44.9 Å². The molecule has 0 aromatic heterocycles. The van der Waals surface area contributed by atoms with Crippen LogP contribution in [0.4, 0.5) is 0 Å². The van der Waals surface area contributed by atoms with Crippen molar-refractivity contribution in [3.05, 3.63) is 0 Å². The molecule has 0 aliphatic carbocycles. The van der Waals surface area contributed by atoms with Crippen LogP contribution in [0.25, 0.3) is 0 Å². The fraction of sp³-hybridized carbons (Fsp3) is 1.00. The number of rotatable bonds is 1. The lowest BCUT2D eigenvalue weighted by atomic mass is 10.1. The fourth-order valence-corrected chi connectivity index (χ4v) is 4.23. The maximum Gasteiger partial charge on any atom is 0.0594 e. The minimum Gasteiger partial charge on any atom is -0.379 e. The zero-order valence-corrected chi connectivity index (χ0v) is 10.2. The summed E-state index contributed by atoms with van der Waals surface area (Å²) < 4.78 is 21.4. The van der Waals surface area contributed by atoms with Crippen molar-refractivity contribution in [3.63, 3.8) is 0 Å². The first-order valence-corrected chi connectivity index (χ1v) is 7.51. The first-order valence-electron chi connectivity index (χ1n) is 5.66. The quantitative estimate of drug-likeness (QED) is 0.664.